The molecule has 0 rings (SSSR count). The van der Waals surface area contributed by atoms with Crippen LogP contribution in [0.1, 0.15) is 194 Å². The summed E-state index contributed by atoms with van der Waals surface area (Å²) < 4.78 is 10.6. The van der Waals surface area contributed by atoms with E-state index in [9.17, 15) is 14.7 Å². The van der Waals surface area contributed by atoms with Crippen LogP contribution in [0.5, 0.6) is 0 Å². The van der Waals surface area contributed by atoms with E-state index in [-0.39, 0.29) is 25.2 Å². The van der Waals surface area contributed by atoms with E-state index < -0.39 is 6.10 Å². The number of allylic oxidation sites excluding steroid dienone is 4. The van der Waals surface area contributed by atoms with E-state index in [2.05, 4.69) is 38.2 Å². The number of ether oxygens (including phenoxy) is 2. The van der Waals surface area contributed by atoms with Gasteiger partial charge < -0.3 is 14.6 Å². The number of carbonyl (C=O) groups excluding carboxylic acids is 2. The Balaban J connectivity index is 3.53. The normalized spacial score (nSPS) is 12.3. The lowest BCUT2D eigenvalue weighted by Gasteiger charge is -2.15. The molecule has 5 heteroatoms. The first-order chi connectivity index (χ1) is 21.6. The maximum absolute atomic E-state index is 12.1. The van der Waals surface area contributed by atoms with Crippen LogP contribution in [0.3, 0.4) is 0 Å². The predicted molar refractivity (Wildman–Crippen MR) is 187 cm³/mol. The molecule has 0 aromatic carbocycles. The van der Waals surface area contributed by atoms with Gasteiger partial charge in [0, 0.05) is 12.8 Å². The van der Waals surface area contributed by atoms with Crippen molar-refractivity contribution in [1.29, 1.82) is 0 Å². The molecule has 0 aliphatic rings. The number of rotatable bonds is 34. The third kappa shape index (κ3) is 33.3. The molecule has 0 fully saturated rings. The number of aliphatic hydroxyl groups is 1. The minimum atomic E-state index is -0.766. The fourth-order valence-corrected chi connectivity index (χ4v) is 5.35. The number of hydrogen-bond acceptors (Lipinski definition) is 5. The van der Waals surface area contributed by atoms with Crippen LogP contribution in [0.15, 0.2) is 24.3 Å². The molecule has 1 atom stereocenters. The Morgan fingerprint density at radius 1 is 0.523 bits per heavy atom. The number of hydrogen-bond donors (Lipinski definition) is 1. The van der Waals surface area contributed by atoms with Crippen LogP contribution < -0.4 is 0 Å². The zero-order valence-corrected chi connectivity index (χ0v) is 29.2. The van der Waals surface area contributed by atoms with Gasteiger partial charge in [-0.05, 0) is 44.9 Å². The Morgan fingerprint density at radius 2 is 0.909 bits per heavy atom. The summed E-state index contributed by atoms with van der Waals surface area (Å²) in [5, 5.41) is 9.52. The first kappa shape index (κ1) is 42.4. The molecular formula is C39H72O5. The van der Waals surface area contributed by atoms with Crippen molar-refractivity contribution in [2.45, 2.75) is 200 Å². The van der Waals surface area contributed by atoms with Gasteiger partial charge in [0.25, 0.3) is 0 Å². The molecule has 0 spiro atoms. The molecule has 0 aliphatic heterocycles. The molecule has 0 saturated carbocycles. The lowest BCUT2D eigenvalue weighted by Crippen LogP contribution is -2.28. The molecule has 0 heterocycles. The molecule has 44 heavy (non-hydrogen) atoms. The highest BCUT2D eigenvalue weighted by Gasteiger charge is 2.16. The molecule has 0 amide bonds. The lowest BCUT2D eigenvalue weighted by molar-refractivity contribution is -0.161. The summed E-state index contributed by atoms with van der Waals surface area (Å²) in [5.41, 5.74) is 0. The van der Waals surface area contributed by atoms with E-state index >= 15 is 0 Å². The quantitative estimate of drug-likeness (QED) is 0.0440. The average Bonchev–Trinajstić information content (AvgIpc) is 3.02. The maximum atomic E-state index is 12.1. The van der Waals surface area contributed by atoms with Gasteiger partial charge in [0.2, 0.25) is 0 Å². The summed E-state index contributed by atoms with van der Waals surface area (Å²) in [6.07, 6.45) is 40.9. The van der Waals surface area contributed by atoms with Crippen LogP contribution >= 0.6 is 0 Å². The third-order valence-electron chi connectivity index (χ3n) is 8.25. The van der Waals surface area contributed by atoms with Crippen LogP contribution in [0.4, 0.5) is 0 Å². The van der Waals surface area contributed by atoms with Crippen molar-refractivity contribution >= 4 is 11.9 Å². The summed E-state index contributed by atoms with van der Waals surface area (Å²) in [7, 11) is 0. The third-order valence-corrected chi connectivity index (χ3v) is 8.25. The fraction of sp³-hybridized carbons (Fsp3) is 0.846. The molecule has 258 valence electrons. The largest absolute Gasteiger partial charge is 0.462 e. The van der Waals surface area contributed by atoms with Crippen LogP contribution in [0.2, 0.25) is 0 Å². The Labute approximate surface area is 273 Å². The van der Waals surface area contributed by atoms with Crippen molar-refractivity contribution in [1.82, 2.24) is 0 Å². The Bertz CT molecular complexity index is 671. The molecular weight excluding hydrogens is 548 g/mol. The fourth-order valence-electron chi connectivity index (χ4n) is 5.35. The van der Waals surface area contributed by atoms with Gasteiger partial charge in [0.05, 0.1) is 6.61 Å². The number of carbonyl (C=O) groups is 2. The number of unbranched alkanes of at least 4 members (excludes halogenated alkanes) is 22. The summed E-state index contributed by atoms with van der Waals surface area (Å²) in [6, 6.07) is 0. The molecule has 5 nitrogen and oxygen atoms in total. The molecule has 0 aromatic heterocycles. The molecule has 0 saturated heterocycles. The van der Waals surface area contributed by atoms with Gasteiger partial charge >= 0.3 is 11.9 Å². The minimum Gasteiger partial charge on any atom is -0.462 e. The van der Waals surface area contributed by atoms with Crippen LogP contribution in [-0.2, 0) is 19.1 Å². The molecule has 1 N–H and O–H groups in total. The van der Waals surface area contributed by atoms with Gasteiger partial charge in [-0.1, -0.05) is 160 Å². The highest BCUT2D eigenvalue weighted by atomic mass is 16.6. The summed E-state index contributed by atoms with van der Waals surface area (Å²) in [4.78, 5) is 24.2. The average molecular weight is 621 g/mol. The van der Waals surface area contributed by atoms with Crippen LogP contribution in [-0.4, -0.2) is 36.4 Å². The van der Waals surface area contributed by atoms with Gasteiger partial charge in [0.15, 0.2) is 6.10 Å². The zero-order valence-electron chi connectivity index (χ0n) is 29.2. The molecule has 0 aliphatic carbocycles. The van der Waals surface area contributed by atoms with Gasteiger partial charge in [-0.15, -0.1) is 0 Å². The maximum Gasteiger partial charge on any atom is 0.306 e. The van der Waals surface area contributed by atoms with E-state index in [0.717, 1.165) is 44.9 Å². The van der Waals surface area contributed by atoms with Crippen molar-refractivity contribution in [2.75, 3.05) is 13.2 Å². The van der Waals surface area contributed by atoms with Crippen LogP contribution in [0.25, 0.3) is 0 Å². The van der Waals surface area contributed by atoms with Crippen molar-refractivity contribution in [2.24, 2.45) is 0 Å². The monoisotopic (exact) mass is 621 g/mol. The Hall–Kier alpha value is -1.62. The Kier molecular flexibility index (Phi) is 34.5. The van der Waals surface area contributed by atoms with Gasteiger partial charge in [-0.3, -0.25) is 9.59 Å². The second-order valence-corrected chi connectivity index (χ2v) is 12.7. The SMILES string of the molecule is CCCCC/C=C\C/C=C\CCCCCCCCCCCC(=O)OC[C@H](CO)OC(=O)CCCCCCCCCCCCC. The topological polar surface area (TPSA) is 72.8 Å². The highest BCUT2D eigenvalue weighted by molar-refractivity contribution is 5.70. The number of esters is 2. The van der Waals surface area contributed by atoms with E-state index in [1.807, 2.05) is 0 Å². The number of aliphatic hydroxyl groups excluding tert-OH is 1. The molecule has 0 radical (unpaired) electrons. The van der Waals surface area contributed by atoms with E-state index in [1.165, 1.54) is 122 Å². The second-order valence-electron chi connectivity index (χ2n) is 12.7. The van der Waals surface area contributed by atoms with E-state index in [4.69, 9.17) is 9.47 Å². The highest BCUT2D eigenvalue weighted by Crippen LogP contribution is 2.14. The first-order valence-electron chi connectivity index (χ1n) is 18.9. The van der Waals surface area contributed by atoms with Crippen molar-refractivity contribution < 1.29 is 24.2 Å². The summed E-state index contributed by atoms with van der Waals surface area (Å²) in [6.45, 7) is 4.10. The predicted octanol–water partition coefficient (Wildman–Crippen LogP) is 11.5. The first-order valence-corrected chi connectivity index (χ1v) is 18.9. The van der Waals surface area contributed by atoms with E-state index in [0.29, 0.717) is 12.8 Å². The van der Waals surface area contributed by atoms with Gasteiger partial charge in [-0.25, -0.2) is 0 Å². The van der Waals surface area contributed by atoms with Crippen molar-refractivity contribution in [3.8, 4) is 0 Å². The molecule has 0 aromatic rings. The minimum absolute atomic E-state index is 0.0642. The summed E-state index contributed by atoms with van der Waals surface area (Å²) >= 11 is 0. The second kappa shape index (κ2) is 35.9. The molecule has 0 bridgehead atoms. The standard InChI is InChI=1S/C39H72O5/c1-3-5-7-9-11-13-15-16-17-18-19-20-21-22-24-25-27-29-31-33-38(41)43-36-37(35-40)44-39(42)34-32-30-28-26-23-14-12-10-8-6-4-2/h11,13,16-17,37,40H,3-10,12,14-15,18-36H2,1-2H3/b13-11-,17-16-/t37-/m0/s1. The van der Waals surface area contributed by atoms with Crippen molar-refractivity contribution in [3.05, 3.63) is 24.3 Å². The summed E-state index contributed by atoms with van der Waals surface area (Å²) in [5.74, 6) is -0.591. The van der Waals surface area contributed by atoms with Gasteiger partial charge in [-0.2, -0.15) is 0 Å². The smallest absolute Gasteiger partial charge is 0.306 e. The zero-order chi connectivity index (χ0) is 32.2. The lowest BCUT2D eigenvalue weighted by atomic mass is 10.1. The van der Waals surface area contributed by atoms with E-state index in [1.54, 1.807) is 0 Å². The molecule has 0 unspecified atom stereocenters. The van der Waals surface area contributed by atoms with Crippen molar-refractivity contribution in [3.63, 3.8) is 0 Å². The van der Waals surface area contributed by atoms with Crippen LogP contribution in [0, 0.1) is 0 Å². The Morgan fingerprint density at radius 3 is 1.39 bits per heavy atom. The van der Waals surface area contributed by atoms with Gasteiger partial charge in [0.1, 0.15) is 6.61 Å².